The quantitative estimate of drug-likeness (QED) is 0.244. The fourth-order valence-corrected chi connectivity index (χ4v) is 1.73. The number of hydrogen-bond acceptors (Lipinski definition) is 6. The minimum atomic E-state index is -1.15. The first-order valence-electron chi connectivity index (χ1n) is 6.40. The van der Waals surface area contributed by atoms with Gasteiger partial charge in [0.1, 0.15) is 18.2 Å². The van der Waals surface area contributed by atoms with Crippen molar-refractivity contribution in [2.75, 3.05) is 45.8 Å². The van der Waals surface area contributed by atoms with Gasteiger partial charge in [0.05, 0.1) is 0 Å². The Balaban J connectivity index is 2.28. The van der Waals surface area contributed by atoms with Crippen molar-refractivity contribution in [3.63, 3.8) is 0 Å². The summed E-state index contributed by atoms with van der Waals surface area (Å²) < 4.78 is 0. The maximum absolute atomic E-state index is 11.5. The summed E-state index contributed by atoms with van der Waals surface area (Å²) in [7, 11) is 0. The highest BCUT2D eigenvalue weighted by Gasteiger charge is 2.10. The van der Waals surface area contributed by atoms with Crippen LogP contribution in [0.15, 0.2) is 11.8 Å². The van der Waals surface area contributed by atoms with Gasteiger partial charge in [-0.05, 0) is 0 Å². The maximum Gasteiger partial charge on any atom is 0.322 e. The maximum atomic E-state index is 11.5. The number of nitrogens with zero attached hydrogens (tertiary/aromatic N) is 2. The van der Waals surface area contributed by atoms with E-state index in [1.807, 2.05) is 0 Å². The van der Waals surface area contributed by atoms with Crippen LogP contribution in [0.2, 0.25) is 0 Å². The van der Waals surface area contributed by atoms with E-state index in [-0.39, 0.29) is 5.57 Å². The van der Waals surface area contributed by atoms with Gasteiger partial charge in [0.25, 0.3) is 5.91 Å². The normalized spacial score (nSPS) is 16.2. The second-order valence-electron chi connectivity index (χ2n) is 4.29. The molecule has 20 heavy (non-hydrogen) atoms. The molecule has 8 heteroatoms. The van der Waals surface area contributed by atoms with Gasteiger partial charge in [-0.1, -0.05) is 0 Å². The molecule has 1 rings (SSSR count). The number of piperazine rings is 1. The molecule has 1 saturated heterocycles. The molecule has 0 radical (unpaired) electrons. The number of carboxylic acid groups (broad SMARTS) is 1. The molecule has 1 heterocycles. The highest BCUT2D eigenvalue weighted by molar-refractivity contribution is 5.98. The van der Waals surface area contributed by atoms with Gasteiger partial charge in [-0.25, -0.2) is 0 Å². The van der Waals surface area contributed by atoms with Gasteiger partial charge in [0.2, 0.25) is 0 Å². The van der Waals surface area contributed by atoms with Gasteiger partial charge in [0.15, 0.2) is 0 Å². The van der Waals surface area contributed by atoms with Crippen LogP contribution >= 0.6 is 0 Å². The average Bonchev–Trinajstić information content (AvgIpc) is 2.46. The Labute approximate surface area is 117 Å². The van der Waals surface area contributed by atoms with Crippen molar-refractivity contribution >= 4 is 11.9 Å². The molecule has 0 aromatic heterocycles. The van der Waals surface area contributed by atoms with Gasteiger partial charge in [-0.15, -0.1) is 0 Å². The summed E-state index contributed by atoms with van der Waals surface area (Å²) in [5, 5.41) is 25.5. The van der Waals surface area contributed by atoms with Crippen LogP contribution in [-0.4, -0.2) is 67.7 Å². The summed E-state index contributed by atoms with van der Waals surface area (Å²) in [4.78, 5) is 24.0. The van der Waals surface area contributed by atoms with Crippen molar-refractivity contribution in [1.82, 2.24) is 20.9 Å². The Morgan fingerprint density at radius 1 is 1.40 bits per heavy atom. The Morgan fingerprint density at radius 2 is 2.10 bits per heavy atom. The van der Waals surface area contributed by atoms with E-state index in [2.05, 4.69) is 20.9 Å². The van der Waals surface area contributed by atoms with Gasteiger partial charge in [-0.2, -0.15) is 5.26 Å². The molecule has 8 nitrogen and oxygen atoms in total. The van der Waals surface area contributed by atoms with Crippen LogP contribution in [0.1, 0.15) is 0 Å². The fourth-order valence-electron chi connectivity index (χ4n) is 1.73. The first kappa shape index (κ1) is 15.9. The first-order valence-corrected chi connectivity index (χ1v) is 6.40. The standard InChI is InChI=1S/C12H19N5O3/c13-7-10(12(20)16-9-11(18)19)8-15-3-6-17-4-1-14-2-5-17/h8,14-15H,1-6,9H2,(H,16,20)(H,18,19)/b10-8-. The molecule has 0 aromatic carbocycles. The number of aliphatic carboxylic acids is 1. The zero-order valence-corrected chi connectivity index (χ0v) is 11.2. The Morgan fingerprint density at radius 3 is 2.70 bits per heavy atom. The number of hydrogen-bond donors (Lipinski definition) is 4. The molecule has 1 fully saturated rings. The van der Waals surface area contributed by atoms with Crippen molar-refractivity contribution in [3.05, 3.63) is 11.8 Å². The lowest BCUT2D eigenvalue weighted by atomic mass is 10.3. The summed E-state index contributed by atoms with van der Waals surface area (Å²) in [6.07, 6.45) is 1.32. The smallest absolute Gasteiger partial charge is 0.322 e. The van der Waals surface area contributed by atoms with Crippen molar-refractivity contribution in [2.45, 2.75) is 0 Å². The Kier molecular flexibility index (Phi) is 7.10. The van der Waals surface area contributed by atoms with E-state index in [4.69, 9.17) is 10.4 Å². The third kappa shape index (κ3) is 6.17. The van der Waals surface area contributed by atoms with Crippen LogP contribution in [0.5, 0.6) is 0 Å². The number of carboxylic acids is 1. The molecule has 1 aliphatic rings. The van der Waals surface area contributed by atoms with Crippen molar-refractivity contribution in [1.29, 1.82) is 5.26 Å². The van der Waals surface area contributed by atoms with Crippen LogP contribution in [0.4, 0.5) is 0 Å². The SMILES string of the molecule is N#C/C(=C/NCCN1CCNCC1)C(=O)NCC(=O)O. The highest BCUT2D eigenvalue weighted by Crippen LogP contribution is 1.92. The average molecular weight is 281 g/mol. The molecule has 0 aliphatic carbocycles. The molecular formula is C12H19N5O3. The van der Waals surface area contributed by atoms with E-state index in [1.54, 1.807) is 6.07 Å². The van der Waals surface area contributed by atoms with Crippen LogP contribution in [-0.2, 0) is 9.59 Å². The first-order chi connectivity index (χ1) is 9.63. The van der Waals surface area contributed by atoms with Gasteiger partial charge >= 0.3 is 5.97 Å². The summed E-state index contributed by atoms with van der Waals surface area (Å²) >= 11 is 0. The van der Waals surface area contributed by atoms with Gasteiger partial charge in [-0.3, -0.25) is 14.5 Å². The third-order valence-corrected chi connectivity index (χ3v) is 2.79. The van der Waals surface area contributed by atoms with E-state index < -0.39 is 18.4 Å². The van der Waals surface area contributed by atoms with Gasteiger partial charge in [0, 0.05) is 45.5 Å². The van der Waals surface area contributed by atoms with E-state index in [9.17, 15) is 9.59 Å². The van der Waals surface area contributed by atoms with Crippen molar-refractivity contribution in [2.24, 2.45) is 0 Å². The molecule has 0 bridgehead atoms. The minimum Gasteiger partial charge on any atom is -0.480 e. The van der Waals surface area contributed by atoms with Crippen LogP contribution in [0.25, 0.3) is 0 Å². The lowest BCUT2D eigenvalue weighted by Gasteiger charge is -2.26. The number of nitriles is 1. The van der Waals surface area contributed by atoms with Crippen LogP contribution in [0, 0.1) is 11.3 Å². The lowest BCUT2D eigenvalue weighted by molar-refractivity contribution is -0.137. The topological polar surface area (TPSA) is 117 Å². The Bertz CT molecular complexity index is 410. The lowest BCUT2D eigenvalue weighted by Crippen LogP contribution is -2.45. The van der Waals surface area contributed by atoms with Gasteiger partial charge < -0.3 is 21.1 Å². The molecule has 0 saturated carbocycles. The second-order valence-corrected chi connectivity index (χ2v) is 4.29. The predicted molar refractivity (Wildman–Crippen MR) is 71.7 cm³/mol. The molecule has 0 spiro atoms. The summed E-state index contributed by atoms with van der Waals surface area (Å²) in [5.41, 5.74) is -0.133. The van der Waals surface area contributed by atoms with Crippen LogP contribution < -0.4 is 16.0 Å². The largest absolute Gasteiger partial charge is 0.480 e. The molecular weight excluding hydrogens is 262 g/mol. The molecule has 4 N–H and O–H groups in total. The fraction of sp³-hybridized carbons (Fsp3) is 0.583. The Hall–Kier alpha value is -2.11. The third-order valence-electron chi connectivity index (χ3n) is 2.79. The minimum absolute atomic E-state index is 0.133. The number of carbonyl (C=O) groups is 2. The number of amides is 1. The molecule has 110 valence electrons. The van der Waals surface area contributed by atoms with Crippen molar-refractivity contribution in [3.8, 4) is 6.07 Å². The number of nitrogens with one attached hydrogen (secondary N) is 3. The second kappa shape index (κ2) is 8.90. The van der Waals surface area contributed by atoms with E-state index in [0.717, 1.165) is 32.7 Å². The van der Waals surface area contributed by atoms with E-state index >= 15 is 0 Å². The molecule has 1 aliphatic heterocycles. The van der Waals surface area contributed by atoms with Crippen LogP contribution in [0.3, 0.4) is 0 Å². The number of carbonyl (C=O) groups excluding carboxylic acids is 1. The molecule has 0 aromatic rings. The summed E-state index contributed by atoms with van der Waals surface area (Å²) in [5.74, 6) is -1.84. The summed E-state index contributed by atoms with van der Waals surface area (Å²) in [6.45, 7) is 4.85. The zero-order chi connectivity index (χ0) is 14.8. The highest BCUT2D eigenvalue weighted by atomic mass is 16.4. The monoisotopic (exact) mass is 281 g/mol. The van der Waals surface area contributed by atoms with E-state index in [0.29, 0.717) is 6.54 Å². The summed E-state index contributed by atoms with van der Waals surface area (Å²) in [6, 6.07) is 1.73. The molecule has 0 atom stereocenters. The van der Waals surface area contributed by atoms with Crippen molar-refractivity contribution < 1.29 is 14.7 Å². The van der Waals surface area contributed by atoms with E-state index in [1.165, 1.54) is 6.20 Å². The predicted octanol–water partition coefficient (Wildman–Crippen LogP) is -1.91. The molecule has 1 amide bonds. The zero-order valence-electron chi connectivity index (χ0n) is 11.2. The number of rotatable bonds is 7. The molecule has 0 unspecified atom stereocenters.